The molecule has 1 aliphatic heterocycles. The van der Waals surface area contributed by atoms with Gasteiger partial charge in [0, 0.05) is 24.2 Å². The second-order valence-electron chi connectivity index (χ2n) is 5.02. The maximum atomic E-state index is 11.6. The van der Waals surface area contributed by atoms with Crippen LogP contribution >= 0.6 is 0 Å². The van der Waals surface area contributed by atoms with E-state index in [-0.39, 0.29) is 17.8 Å². The number of ether oxygens (including phenoxy) is 3. The Hall–Kier alpha value is -1.21. The Kier molecular flexibility index (Phi) is 4.05. The van der Waals surface area contributed by atoms with Crippen LogP contribution in [0.15, 0.2) is 0 Å². The number of nitro groups is 1. The minimum Gasteiger partial charge on any atom is -0.469 e. The van der Waals surface area contributed by atoms with Crippen molar-refractivity contribution in [3.05, 3.63) is 10.1 Å². The van der Waals surface area contributed by atoms with Gasteiger partial charge in [0.05, 0.1) is 26.7 Å². The van der Waals surface area contributed by atoms with E-state index in [9.17, 15) is 14.9 Å². The molecule has 1 spiro atoms. The minimum absolute atomic E-state index is 0.00590. The molecular weight excluding hydrogens is 254 g/mol. The number of nitrogens with zero attached hydrogens (tertiary/aromatic N) is 1. The van der Waals surface area contributed by atoms with Crippen LogP contribution in [0.4, 0.5) is 0 Å². The van der Waals surface area contributed by atoms with Gasteiger partial charge in [0.25, 0.3) is 5.54 Å². The van der Waals surface area contributed by atoms with Crippen LogP contribution in [0.3, 0.4) is 0 Å². The molecule has 1 aliphatic carbocycles. The molecule has 0 amide bonds. The van der Waals surface area contributed by atoms with Gasteiger partial charge in [-0.05, 0) is 12.8 Å². The van der Waals surface area contributed by atoms with Gasteiger partial charge in [-0.2, -0.15) is 0 Å². The van der Waals surface area contributed by atoms with E-state index in [0.717, 1.165) is 12.8 Å². The van der Waals surface area contributed by atoms with Crippen molar-refractivity contribution in [2.24, 2.45) is 0 Å². The predicted octanol–water partition coefficient (Wildman–Crippen LogP) is 1.27. The van der Waals surface area contributed by atoms with Crippen molar-refractivity contribution >= 4 is 5.97 Å². The lowest BCUT2D eigenvalue weighted by atomic mass is 9.73. The minimum atomic E-state index is -1.34. The van der Waals surface area contributed by atoms with Gasteiger partial charge in [0.15, 0.2) is 0 Å². The molecule has 0 radical (unpaired) electrons. The summed E-state index contributed by atoms with van der Waals surface area (Å²) in [5, 5.41) is 11.6. The third-order valence-corrected chi connectivity index (χ3v) is 4.13. The van der Waals surface area contributed by atoms with E-state index in [1.165, 1.54) is 7.11 Å². The highest BCUT2D eigenvalue weighted by Crippen LogP contribution is 2.47. The molecule has 0 aromatic carbocycles. The van der Waals surface area contributed by atoms with Gasteiger partial charge in [-0.25, -0.2) is 0 Å². The van der Waals surface area contributed by atoms with Gasteiger partial charge in [-0.1, -0.05) is 0 Å². The number of carbonyl (C=O) groups is 1. The molecule has 0 bridgehead atoms. The molecule has 2 rings (SSSR count). The Morgan fingerprint density at radius 2 is 1.95 bits per heavy atom. The lowest BCUT2D eigenvalue weighted by molar-refractivity contribution is -0.617. The van der Waals surface area contributed by atoms with Crippen LogP contribution in [0.25, 0.3) is 0 Å². The molecule has 1 saturated heterocycles. The Labute approximate surface area is 111 Å². The average molecular weight is 273 g/mol. The highest BCUT2D eigenvalue weighted by atomic mass is 16.8. The number of carbonyl (C=O) groups excluding carboxylic acids is 1. The number of hydrogen-bond acceptors (Lipinski definition) is 6. The van der Waals surface area contributed by atoms with Gasteiger partial charge < -0.3 is 14.2 Å². The first-order valence-electron chi connectivity index (χ1n) is 6.56. The van der Waals surface area contributed by atoms with Crippen molar-refractivity contribution in [3.8, 4) is 0 Å². The first kappa shape index (κ1) is 14.2. The van der Waals surface area contributed by atoms with E-state index < -0.39 is 17.3 Å². The molecule has 2 aliphatic rings. The third-order valence-electron chi connectivity index (χ3n) is 4.13. The van der Waals surface area contributed by atoms with E-state index in [1.54, 1.807) is 0 Å². The van der Waals surface area contributed by atoms with E-state index in [2.05, 4.69) is 4.74 Å². The van der Waals surface area contributed by atoms with Crippen LogP contribution < -0.4 is 0 Å². The summed E-state index contributed by atoms with van der Waals surface area (Å²) in [6.45, 7) is 0.738. The van der Waals surface area contributed by atoms with Gasteiger partial charge in [-0.3, -0.25) is 14.9 Å². The van der Waals surface area contributed by atoms with Crippen LogP contribution in [0.1, 0.15) is 38.5 Å². The third kappa shape index (κ3) is 2.32. The molecule has 7 nitrogen and oxygen atoms in total. The summed E-state index contributed by atoms with van der Waals surface area (Å²) in [4.78, 5) is 22.6. The average Bonchev–Trinajstić information content (AvgIpc) is 2.87. The van der Waals surface area contributed by atoms with Gasteiger partial charge in [-0.15, -0.1) is 0 Å². The lowest BCUT2D eigenvalue weighted by Gasteiger charge is -2.42. The van der Waals surface area contributed by atoms with Crippen molar-refractivity contribution in [2.45, 2.75) is 49.9 Å². The molecule has 108 valence electrons. The zero-order chi connectivity index (χ0) is 13.9. The SMILES string of the molecule is COC(=O)CC[C@]1([N+](=O)[O-])CCCCC12OCCO2. The van der Waals surface area contributed by atoms with E-state index in [4.69, 9.17) is 9.47 Å². The second kappa shape index (κ2) is 5.42. The Morgan fingerprint density at radius 1 is 1.32 bits per heavy atom. The molecule has 19 heavy (non-hydrogen) atoms. The monoisotopic (exact) mass is 273 g/mol. The molecular formula is C12H19NO6. The quantitative estimate of drug-likeness (QED) is 0.435. The van der Waals surface area contributed by atoms with Crippen molar-refractivity contribution in [1.82, 2.24) is 0 Å². The highest BCUT2D eigenvalue weighted by molar-refractivity contribution is 5.69. The first-order valence-corrected chi connectivity index (χ1v) is 6.56. The maximum Gasteiger partial charge on any atom is 0.305 e. The molecule has 1 saturated carbocycles. The summed E-state index contributed by atoms with van der Waals surface area (Å²) in [5.41, 5.74) is -1.34. The van der Waals surface area contributed by atoms with Gasteiger partial charge >= 0.3 is 5.97 Å². The number of rotatable bonds is 4. The molecule has 0 aromatic heterocycles. The highest BCUT2D eigenvalue weighted by Gasteiger charge is 2.66. The summed E-state index contributed by atoms with van der Waals surface area (Å²) in [5.74, 6) is -1.61. The van der Waals surface area contributed by atoms with Crippen LogP contribution in [0.2, 0.25) is 0 Å². The standard InChI is InChI=1S/C12H19NO6/c1-17-10(14)4-7-11(13(15)16)5-2-3-6-12(11)18-8-9-19-12/h2-9H2,1H3/t11-/m1/s1. The molecule has 0 N–H and O–H groups in total. The number of esters is 1. The lowest BCUT2D eigenvalue weighted by Crippen LogP contribution is -2.62. The smallest absolute Gasteiger partial charge is 0.305 e. The fourth-order valence-electron chi connectivity index (χ4n) is 3.11. The van der Waals surface area contributed by atoms with Gasteiger partial charge in [0.2, 0.25) is 5.79 Å². The molecule has 0 aromatic rings. The van der Waals surface area contributed by atoms with Crippen molar-refractivity contribution < 1.29 is 23.9 Å². The summed E-state index contributed by atoms with van der Waals surface area (Å²) in [6, 6.07) is 0. The number of hydrogen-bond donors (Lipinski definition) is 0. The molecule has 7 heteroatoms. The largest absolute Gasteiger partial charge is 0.469 e. The number of methoxy groups -OCH3 is 1. The zero-order valence-electron chi connectivity index (χ0n) is 11.1. The van der Waals surface area contributed by atoms with Crippen LogP contribution in [0, 0.1) is 10.1 Å². The predicted molar refractivity (Wildman–Crippen MR) is 64.1 cm³/mol. The Bertz CT molecular complexity index is 365. The molecule has 1 atom stereocenters. The van der Waals surface area contributed by atoms with E-state index in [0.29, 0.717) is 26.1 Å². The van der Waals surface area contributed by atoms with Crippen molar-refractivity contribution in [1.29, 1.82) is 0 Å². The summed E-state index contributed by atoms with van der Waals surface area (Å²) < 4.78 is 15.8. The molecule has 2 fully saturated rings. The van der Waals surface area contributed by atoms with E-state index >= 15 is 0 Å². The first-order chi connectivity index (χ1) is 9.06. The fraction of sp³-hybridized carbons (Fsp3) is 0.917. The Morgan fingerprint density at radius 3 is 2.53 bits per heavy atom. The molecule has 1 heterocycles. The summed E-state index contributed by atoms with van der Waals surface area (Å²) >= 11 is 0. The normalized spacial score (nSPS) is 29.3. The van der Waals surface area contributed by atoms with Crippen LogP contribution in [-0.2, 0) is 19.0 Å². The zero-order valence-corrected chi connectivity index (χ0v) is 11.1. The van der Waals surface area contributed by atoms with Crippen LogP contribution in [0.5, 0.6) is 0 Å². The maximum absolute atomic E-state index is 11.6. The Balaban J connectivity index is 2.24. The topological polar surface area (TPSA) is 87.9 Å². The molecule has 0 unspecified atom stereocenters. The summed E-state index contributed by atoms with van der Waals surface area (Å²) in [7, 11) is 1.28. The van der Waals surface area contributed by atoms with Crippen LogP contribution in [-0.4, -0.2) is 42.5 Å². The fourth-order valence-corrected chi connectivity index (χ4v) is 3.11. The summed E-state index contributed by atoms with van der Waals surface area (Å²) in [6.07, 6.45) is 2.56. The van der Waals surface area contributed by atoms with Gasteiger partial charge in [0.1, 0.15) is 0 Å². The van der Waals surface area contributed by atoms with Crippen molar-refractivity contribution in [2.75, 3.05) is 20.3 Å². The van der Waals surface area contributed by atoms with Crippen molar-refractivity contribution in [3.63, 3.8) is 0 Å². The van der Waals surface area contributed by atoms with E-state index in [1.807, 2.05) is 0 Å². The second-order valence-corrected chi connectivity index (χ2v) is 5.02.